The number of halogens is 1. The highest BCUT2D eigenvalue weighted by Crippen LogP contribution is 1.97. The van der Waals surface area contributed by atoms with Crippen molar-refractivity contribution in [2.45, 2.75) is 0 Å². The van der Waals surface area contributed by atoms with Gasteiger partial charge in [0.25, 0.3) is 0 Å². The standard InChI is InChI=1S/C4H3ClN2O2/c5-7-2-3(1-6-7)4(8)9/h1-2H,(H,8,9). The molecule has 1 rings (SSSR count). The molecule has 4 nitrogen and oxygen atoms in total. The summed E-state index contributed by atoms with van der Waals surface area (Å²) in [7, 11) is 0. The lowest BCUT2D eigenvalue weighted by Crippen LogP contribution is -1.91. The van der Waals surface area contributed by atoms with Crippen molar-refractivity contribution in [2.24, 2.45) is 0 Å². The number of aromatic nitrogens is 2. The first-order valence-electron chi connectivity index (χ1n) is 2.14. The minimum atomic E-state index is -1.03. The van der Waals surface area contributed by atoms with Crippen molar-refractivity contribution >= 4 is 17.7 Å². The van der Waals surface area contributed by atoms with Crippen molar-refractivity contribution in [3.8, 4) is 0 Å². The Balaban J connectivity index is 2.98. The molecule has 0 unspecified atom stereocenters. The fraction of sp³-hybridized carbons (Fsp3) is 0. The fourth-order valence-corrected chi connectivity index (χ4v) is 0.558. The molecule has 0 aliphatic heterocycles. The molecule has 0 bridgehead atoms. The third-order valence-corrected chi connectivity index (χ3v) is 0.985. The van der Waals surface area contributed by atoms with Crippen LogP contribution in [0.1, 0.15) is 10.4 Å². The molecule has 0 aliphatic carbocycles. The van der Waals surface area contributed by atoms with Gasteiger partial charge < -0.3 is 5.11 Å². The lowest BCUT2D eigenvalue weighted by atomic mass is 10.4. The van der Waals surface area contributed by atoms with E-state index in [0.29, 0.717) is 0 Å². The first-order chi connectivity index (χ1) is 4.20. The second-order valence-electron chi connectivity index (χ2n) is 1.42. The number of carboxylic acid groups (broad SMARTS) is 1. The second-order valence-corrected chi connectivity index (χ2v) is 1.77. The number of aromatic carboxylic acids is 1. The lowest BCUT2D eigenvalue weighted by Gasteiger charge is -1.79. The molecule has 0 atom stereocenters. The topological polar surface area (TPSA) is 55.1 Å². The minimum Gasteiger partial charge on any atom is -0.478 e. The van der Waals surface area contributed by atoms with Crippen LogP contribution in [0.25, 0.3) is 0 Å². The van der Waals surface area contributed by atoms with Crippen LogP contribution < -0.4 is 0 Å². The molecule has 9 heavy (non-hydrogen) atoms. The van der Waals surface area contributed by atoms with Gasteiger partial charge in [-0.05, 0) is 0 Å². The third kappa shape index (κ3) is 1.20. The van der Waals surface area contributed by atoms with E-state index in [2.05, 4.69) is 5.10 Å². The maximum Gasteiger partial charge on any atom is 0.338 e. The molecule has 0 amide bonds. The summed E-state index contributed by atoms with van der Waals surface area (Å²) in [5.41, 5.74) is 0.0880. The Morgan fingerprint density at radius 3 is 2.78 bits per heavy atom. The molecule has 0 saturated heterocycles. The summed E-state index contributed by atoms with van der Waals surface area (Å²) in [6.45, 7) is 0. The Morgan fingerprint density at radius 2 is 2.56 bits per heavy atom. The van der Waals surface area contributed by atoms with Crippen LogP contribution in [0.15, 0.2) is 12.4 Å². The summed E-state index contributed by atoms with van der Waals surface area (Å²) in [5, 5.41) is 11.7. The smallest absolute Gasteiger partial charge is 0.338 e. The summed E-state index contributed by atoms with van der Waals surface area (Å²) in [5.74, 6) is -1.03. The van der Waals surface area contributed by atoms with E-state index >= 15 is 0 Å². The molecular formula is C4H3ClN2O2. The molecule has 0 radical (unpaired) electrons. The van der Waals surface area contributed by atoms with E-state index in [-0.39, 0.29) is 5.56 Å². The van der Waals surface area contributed by atoms with E-state index < -0.39 is 5.97 Å². The van der Waals surface area contributed by atoms with Crippen LogP contribution in [-0.4, -0.2) is 20.4 Å². The molecule has 1 heterocycles. The Labute approximate surface area is 55.8 Å². The van der Waals surface area contributed by atoms with Crippen molar-refractivity contribution < 1.29 is 9.90 Å². The lowest BCUT2D eigenvalue weighted by molar-refractivity contribution is 0.0697. The van der Waals surface area contributed by atoms with E-state index in [4.69, 9.17) is 16.9 Å². The SMILES string of the molecule is O=C(O)c1cnn(Cl)c1. The fourth-order valence-electron chi connectivity index (χ4n) is 0.409. The summed E-state index contributed by atoms with van der Waals surface area (Å²) >= 11 is 5.25. The highest BCUT2D eigenvalue weighted by molar-refractivity contribution is 6.14. The van der Waals surface area contributed by atoms with Gasteiger partial charge in [0.15, 0.2) is 0 Å². The average molecular weight is 147 g/mol. The van der Waals surface area contributed by atoms with E-state index in [1.807, 2.05) is 0 Å². The monoisotopic (exact) mass is 146 g/mol. The molecule has 5 heteroatoms. The zero-order valence-corrected chi connectivity index (χ0v) is 5.04. The quantitative estimate of drug-likeness (QED) is 0.631. The van der Waals surface area contributed by atoms with Gasteiger partial charge in [0.2, 0.25) is 0 Å². The summed E-state index contributed by atoms with van der Waals surface area (Å²) in [6.07, 6.45) is 2.39. The highest BCUT2D eigenvalue weighted by Gasteiger charge is 2.03. The van der Waals surface area contributed by atoms with Gasteiger partial charge in [-0.1, -0.05) is 0 Å². The Hall–Kier alpha value is -1.03. The van der Waals surface area contributed by atoms with Crippen LogP contribution in [0, 0.1) is 0 Å². The van der Waals surface area contributed by atoms with Crippen LogP contribution in [0.3, 0.4) is 0 Å². The molecule has 0 fully saturated rings. The van der Waals surface area contributed by atoms with E-state index in [1.165, 1.54) is 12.4 Å². The predicted molar refractivity (Wildman–Crippen MR) is 30.4 cm³/mol. The summed E-state index contributed by atoms with van der Waals surface area (Å²) < 4.78 is 0.920. The van der Waals surface area contributed by atoms with Gasteiger partial charge in [-0.2, -0.15) is 9.30 Å². The number of carbonyl (C=O) groups is 1. The molecule has 0 aliphatic rings. The van der Waals surface area contributed by atoms with E-state index in [1.54, 1.807) is 0 Å². The van der Waals surface area contributed by atoms with E-state index in [0.717, 1.165) is 4.20 Å². The molecule has 1 aromatic heterocycles. The highest BCUT2D eigenvalue weighted by atomic mass is 35.5. The zero-order valence-electron chi connectivity index (χ0n) is 4.28. The number of hydrogen-bond donors (Lipinski definition) is 1. The Kier molecular flexibility index (Phi) is 1.40. The van der Waals surface area contributed by atoms with Gasteiger partial charge in [0.1, 0.15) is 0 Å². The molecule has 1 N–H and O–H groups in total. The molecule has 1 aromatic rings. The third-order valence-electron chi connectivity index (χ3n) is 0.800. The molecule has 0 spiro atoms. The Morgan fingerprint density at radius 1 is 1.89 bits per heavy atom. The molecule has 0 aromatic carbocycles. The molecule has 0 saturated carbocycles. The number of rotatable bonds is 1. The first-order valence-corrected chi connectivity index (χ1v) is 2.48. The van der Waals surface area contributed by atoms with Crippen LogP contribution >= 0.6 is 11.8 Å². The van der Waals surface area contributed by atoms with Gasteiger partial charge in [-0.15, -0.1) is 0 Å². The Bertz CT molecular complexity index is 232. The van der Waals surface area contributed by atoms with Crippen molar-refractivity contribution in [3.63, 3.8) is 0 Å². The maximum absolute atomic E-state index is 10.1. The summed E-state index contributed by atoms with van der Waals surface area (Å²) in [4.78, 5) is 10.1. The normalized spacial score (nSPS) is 9.44. The zero-order chi connectivity index (χ0) is 6.85. The average Bonchev–Trinajstić information content (AvgIpc) is 2.14. The van der Waals surface area contributed by atoms with Crippen molar-refractivity contribution in [2.75, 3.05) is 0 Å². The predicted octanol–water partition coefficient (Wildman–Crippen LogP) is 0.583. The maximum atomic E-state index is 10.1. The van der Waals surface area contributed by atoms with Crippen molar-refractivity contribution in [1.29, 1.82) is 0 Å². The van der Waals surface area contributed by atoms with Crippen LogP contribution in [0.5, 0.6) is 0 Å². The molecule has 48 valence electrons. The van der Waals surface area contributed by atoms with Gasteiger partial charge in [0.05, 0.1) is 18.0 Å². The number of nitrogens with zero attached hydrogens (tertiary/aromatic N) is 2. The minimum absolute atomic E-state index is 0.0880. The van der Waals surface area contributed by atoms with Gasteiger partial charge in [-0.25, -0.2) is 4.79 Å². The van der Waals surface area contributed by atoms with Crippen LogP contribution in [0.2, 0.25) is 0 Å². The van der Waals surface area contributed by atoms with E-state index in [9.17, 15) is 4.79 Å². The van der Waals surface area contributed by atoms with Gasteiger partial charge in [0, 0.05) is 11.8 Å². The summed E-state index contributed by atoms with van der Waals surface area (Å²) in [6, 6.07) is 0. The van der Waals surface area contributed by atoms with Crippen molar-refractivity contribution in [3.05, 3.63) is 18.0 Å². The van der Waals surface area contributed by atoms with Crippen molar-refractivity contribution in [1.82, 2.24) is 9.30 Å². The molecular weight excluding hydrogens is 144 g/mol. The number of carboxylic acids is 1. The number of hydrogen-bond acceptors (Lipinski definition) is 2. The largest absolute Gasteiger partial charge is 0.478 e. The first kappa shape index (κ1) is 6.10. The second kappa shape index (κ2) is 2.06. The van der Waals surface area contributed by atoms with Gasteiger partial charge in [-0.3, -0.25) is 0 Å². The van der Waals surface area contributed by atoms with Crippen LogP contribution in [0.4, 0.5) is 0 Å². The van der Waals surface area contributed by atoms with Crippen LogP contribution in [-0.2, 0) is 0 Å². The van der Waals surface area contributed by atoms with Gasteiger partial charge >= 0.3 is 5.97 Å².